The Morgan fingerprint density at radius 1 is 1.25 bits per heavy atom. The predicted molar refractivity (Wildman–Crippen MR) is 139 cm³/mol. The van der Waals surface area contributed by atoms with Crippen molar-refractivity contribution in [2.45, 2.75) is 43.3 Å². The van der Waals surface area contributed by atoms with Crippen LogP contribution in [0.25, 0.3) is 10.9 Å². The van der Waals surface area contributed by atoms with E-state index in [1.165, 1.54) is 0 Å². The first kappa shape index (κ1) is 26.3. The van der Waals surface area contributed by atoms with E-state index >= 15 is 4.39 Å². The van der Waals surface area contributed by atoms with Gasteiger partial charge in [0.1, 0.15) is 16.9 Å². The predicted octanol–water partition coefficient (Wildman–Crippen LogP) is 5.42. The zero-order valence-corrected chi connectivity index (χ0v) is 21.4. The van der Waals surface area contributed by atoms with Gasteiger partial charge in [0.05, 0.1) is 18.8 Å². The Morgan fingerprint density at radius 3 is 2.92 bits per heavy atom. The van der Waals surface area contributed by atoms with Gasteiger partial charge in [-0.3, -0.25) is 14.8 Å². The number of ether oxygens (including phenoxy) is 1. The number of alkyl halides is 1. The van der Waals surface area contributed by atoms with Crippen molar-refractivity contribution < 1.29 is 19.0 Å². The maximum absolute atomic E-state index is 15.5. The molecular weight excluding hydrogens is 479 g/mol. The summed E-state index contributed by atoms with van der Waals surface area (Å²) in [4.78, 5) is 26.7. The van der Waals surface area contributed by atoms with Crippen LogP contribution in [-0.2, 0) is 4.79 Å². The minimum Gasteiger partial charge on any atom is -0.497 e. The van der Waals surface area contributed by atoms with Crippen molar-refractivity contribution in [1.29, 1.82) is 0 Å². The summed E-state index contributed by atoms with van der Waals surface area (Å²) in [7, 11) is 1.59. The molecule has 3 aromatic rings. The van der Waals surface area contributed by atoms with E-state index in [9.17, 15) is 9.90 Å². The third-order valence-electron chi connectivity index (χ3n) is 6.93. The van der Waals surface area contributed by atoms with Crippen molar-refractivity contribution >= 4 is 28.6 Å². The average molecular weight is 513 g/mol. The lowest BCUT2D eigenvalue weighted by Gasteiger charge is -2.38. The molecule has 1 aliphatic heterocycles. The Balaban J connectivity index is 1.31. The number of nitrogens with zero attached hydrogens (tertiary/aromatic N) is 4. The van der Waals surface area contributed by atoms with E-state index < -0.39 is 12.1 Å². The second kappa shape index (κ2) is 13.0. The summed E-state index contributed by atoms with van der Waals surface area (Å²) in [5.74, 6) is 1.07. The van der Waals surface area contributed by atoms with Gasteiger partial charge in [0.2, 0.25) is 0 Å². The van der Waals surface area contributed by atoms with E-state index in [0.717, 1.165) is 54.2 Å². The number of methoxy groups -OCH3 is 1. The van der Waals surface area contributed by atoms with Crippen LogP contribution >= 0.6 is 11.8 Å². The maximum atomic E-state index is 15.5. The summed E-state index contributed by atoms with van der Waals surface area (Å²) in [6.45, 7) is 2.59. The van der Waals surface area contributed by atoms with Crippen LogP contribution in [0.5, 0.6) is 5.75 Å². The van der Waals surface area contributed by atoms with Gasteiger partial charge in [-0.1, -0.05) is 0 Å². The molecule has 7 nitrogen and oxygen atoms in total. The molecule has 9 heteroatoms. The molecule has 0 bridgehead atoms. The molecule has 1 fully saturated rings. The Labute approximate surface area is 215 Å². The zero-order chi connectivity index (χ0) is 25.3. The smallest absolute Gasteiger partial charge is 0.303 e. The van der Waals surface area contributed by atoms with Crippen molar-refractivity contribution in [3.63, 3.8) is 0 Å². The van der Waals surface area contributed by atoms with Crippen LogP contribution in [0, 0.1) is 11.8 Å². The van der Waals surface area contributed by atoms with Crippen LogP contribution < -0.4 is 4.74 Å². The highest BCUT2D eigenvalue weighted by atomic mass is 32.2. The van der Waals surface area contributed by atoms with Gasteiger partial charge in [-0.15, -0.1) is 11.8 Å². The molecule has 0 aliphatic carbocycles. The van der Waals surface area contributed by atoms with Gasteiger partial charge in [-0.25, -0.2) is 9.37 Å². The number of hydrogen-bond donors (Lipinski definition) is 1. The zero-order valence-electron chi connectivity index (χ0n) is 20.6. The largest absolute Gasteiger partial charge is 0.497 e. The van der Waals surface area contributed by atoms with Crippen LogP contribution in [0.1, 0.15) is 43.8 Å². The molecule has 2 aromatic heterocycles. The molecule has 3 heterocycles. The summed E-state index contributed by atoms with van der Waals surface area (Å²) >= 11 is 1.68. The standard InChI is InChI=1S/C27H33FN4O3S/c1-35-21-4-6-25-23(16-21)22(7-9-30-25)24(28)5-3-19-8-13-32(18-20(19)15-27(33)34)12-2-14-36-26-17-29-10-11-31-26/h4,6-7,9-11,16-17,19-20,24H,2-3,5,8,12-15,18H2,1H3,(H,33,34)/t19-,20+,24+/m1/s1. The number of aromatic nitrogens is 3. The lowest BCUT2D eigenvalue weighted by molar-refractivity contribution is -0.139. The Morgan fingerprint density at radius 2 is 2.14 bits per heavy atom. The van der Waals surface area contributed by atoms with Crippen molar-refractivity contribution in [2.75, 3.05) is 32.5 Å². The average Bonchev–Trinajstić information content (AvgIpc) is 2.90. The second-order valence-electron chi connectivity index (χ2n) is 9.28. The number of carbonyl (C=O) groups is 1. The van der Waals surface area contributed by atoms with Crippen LogP contribution in [0.15, 0.2) is 54.1 Å². The molecule has 1 N–H and O–H groups in total. The van der Waals surface area contributed by atoms with E-state index in [1.54, 1.807) is 49.7 Å². The highest BCUT2D eigenvalue weighted by Crippen LogP contribution is 2.36. The van der Waals surface area contributed by atoms with E-state index in [0.29, 0.717) is 24.2 Å². The number of halogens is 1. The number of pyridine rings is 1. The number of benzene rings is 1. The van der Waals surface area contributed by atoms with Gasteiger partial charge in [-0.2, -0.15) is 0 Å². The van der Waals surface area contributed by atoms with Gasteiger partial charge in [-0.05, 0) is 80.4 Å². The first-order chi connectivity index (χ1) is 17.5. The number of carboxylic acids is 1. The number of hydrogen-bond acceptors (Lipinski definition) is 7. The fourth-order valence-corrected chi connectivity index (χ4v) is 5.84. The summed E-state index contributed by atoms with van der Waals surface area (Å²) in [5, 5.41) is 11.2. The van der Waals surface area contributed by atoms with E-state index in [2.05, 4.69) is 19.9 Å². The summed E-state index contributed by atoms with van der Waals surface area (Å²) in [6, 6.07) is 7.24. The minimum atomic E-state index is -1.13. The topological polar surface area (TPSA) is 88.4 Å². The molecule has 0 spiro atoms. The number of aliphatic carboxylic acids is 1. The van der Waals surface area contributed by atoms with Crippen LogP contribution in [-0.4, -0.2) is 63.4 Å². The molecule has 0 saturated carbocycles. The van der Waals surface area contributed by atoms with Crippen LogP contribution in [0.2, 0.25) is 0 Å². The fraction of sp³-hybridized carbons (Fsp3) is 0.481. The molecule has 0 unspecified atom stereocenters. The molecule has 192 valence electrons. The van der Waals surface area contributed by atoms with Gasteiger partial charge >= 0.3 is 5.97 Å². The van der Waals surface area contributed by atoms with Gasteiger partial charge in [0.15, 0.2) is 0 Å². The summed E-state index contributed by atoms with van der Waals surface area (Å²) in [6.07, 6.45) is 8.69. The number of likely N-dealkylation sites (tertiary alicyclic amines) is 1. The number of fused-ring (bicyclic) bond motifs is 1. The SMILES string of the molecule is COc1ccc2nccc([C@@H](F)CC[C@@H]3CCN(CCCSc4cnccn4)C[C@@H]3CC(=O)O)c2c1. The monoisotopic (exact) mass is 512 g/mol. The van der Waals surface area contributed by atoms with E-state index in [1.807, 2.05) is 18.2 Å². The lowest BCUT2D eigenvalue weighted by Crippen LogP contribution is -2.42. The fourth-order valence-electron chi connectivity index (χ4n) is 5.08. The van der Waals surface area contributed by atoms with Gasteiger partial charge < -0.3 is 14.7 Å². The molecule has 36 heavy (non-hydrogen) atoms. The number of rotatable bonds is 12. The van der Waals surface area contributed by atoms with E-state index in [4.69, 9.17) is 4.74 Å². The molecule has 0 radical (unpaired) electrons. The Bertz CT molecular complexity index is 1140. The molecule has 3 atom stereocenters. The molecule has 1 saturated heterocycles. The second-order valence-corrected chi connectivity index (χ2v) is 10.4. The van der Waals surface area contributed by atoms with Crippen molar-refractivity contribution in [3.8, 4) is 5.75 Å². The van der Waals surface area contributed by atoms with Gasteiger partial charge in [0.25, 0.3) is 0 Å². The third-order valence-corrected chi connectivity index (χ3v) is 7.93. The summed E-state index contributed by atoms with van der Waals surface area (Å²) in [5.41, 5.74) is 1.36. The maximum Gasteiger partial charge on any atom is 0.303 e. The molecular formula is C27H33FN4O3S. The quantitative estimate of drug-likeness (QED) is 0.254. The molecule has 1 aliphatic rings. The lowest BCUT2D eigenvalue weighted by atomic mass is 9.79. The Kier molecular flexibility index (Phi) is 9.47. The van der Waals surface area contributed by atoms with Gasteiger partial charge in [0, 0.05) is 42.7 Å². The molecule has 0 amide bonds. The molecule has 1 aromatic carbocycles. The van der Waals surface area contributed by atoms with E-state index in [-0.39, 0.29) is 18.3 Å². The summed E-state index contributed by atoms with van der Waals surface area (Å²) < 4.78 is 20.8. The van der Waals surface area contributed by atoms with Crippen molar-refractivity contribution in [3.05, 3.63) is 54.6 Å². The number of piperidine rings is 1. The molecule has 4 rings (SSSR count). The van der Waals surface area contributed by atoms with Crippen LogP contribution in [0.3, 0.4) is 0 Å². The van der Waals surface area contributed by atoms with Crippen molar-refractivity contribution in [2.24, 2.45) is 11.8 Å². The number of thioether (sulfide) groups is 1. The highest BCUT2D eigenvalue weighted by Gasteiger charge is 2.31. The van der Waals surface area contributed by atoms with Crippen molar-refractivity contribution in [1.82, 2.24) is 19.9 Å². The first-order valence-corrected chi connectivity index (χ1v) is 13.4. The minimum absolute atomic E-state index is 0.0328. The van der Waals surface area contributed by atoms with Crippen LogP contribution in [0.4, 0.5) is 4.39 Å². The highest BCUT2D eigenvalue weighted by molar-refractivity contribution is 7.99. The third kappa shape index (κ3) is 7.13. The Hall–Kier alpha value is -2.78. The normalized spacial score (nSPS) is 19.3. The number of carboxylic acid groups (broad SMARTS) is 1. The first-order valence-electron chi connectivity index (χ1n) is 12.4.